The van der Waals surface area contributed by atoms with Gasteiger partial charge in [0, 0.05) is 19.2 Å². The molecule has 1 amide bonds. The monoisotopic (exact) mass is 269 g/mol. The van der Waals surface area contributed by atoms with E-state index in [1.807, 2.05) is 27.7 Å². The Hall–Kier alpha value is -1.52. The maximum absolute atomic E-state index is 12.0. The third kappa shape index (κ3) is 5.32. The summed E-state index contributed by atoms with van der Waals surface area (Å²) in [6.07, 6.45) is 1.93. The first-order valence-corrected chi connectivity index (χ1v) is 6.46. The van der Waals surface area contributed by atoms with Crippen molar-refractivity contribution < 1.29 is 19.1 Å². The molecule has 5 nitrogen and oxygen atoms in total. The van der Waals surface area contributed by atoms with Gasteiger partial charge in [0.25, 0.3) is 0 Å². The number of rotatable bonds is 1. The minimum atomic E-state index is -0.510. The molecule has 108 valence electrons. The molecule has 1 aliphatic rings. The van der Waals surface area contributed by atoms with Crippen molar-refractivity contribution in [2.24, 2.45) is 5.92 Å². The molecule has 0 aromatic carbocycles. The molecule has 0 spiro atoms. The molecular formula is C14H23NO4. The van der Waals surface area contributed by atoms with E-state index in [0.717, 1.165) is 12.0 Å². The Kier molecular flexibility index (Phi) is 4.97. The average molecular weight is 269 g/mol. The first-order chi connectivity index (χ1) is 8.71. The third-order valence-corrected chi connectivity index (χ3v) is 2.71. The van der Waals surface area contributed by atoms with Gasteiger partial charge in [0.05, 0.1) is 7.11 Å². The van der Waals surface area contributed by atoms with Crippen molar-refractivity contribution in [3.63, 3.8) is 0 Å². The van der Waals surface area contributed by atoms with Crippen LogP contribution in [0, 0.1) is 5.92 Å². The van der Waals surface area contributed by atoms with Gasteiger partial charge in [-0.05, 0) is 38.7 Å². The van der Waals surface area contributed by atoms with Gasteiger partial charge in [0.1, 0.15) is 5.60 Å². The van der Waals surface area contributed by atoms with Crippen molar-refractivity contribution in [2.45, 2.75) is 39.7 Å². The van der Waals surface area contributed by atoms with Crippen molar-refractivity contribution in [1.82, 2.24) is 4.90 Å². The second-order valence-corrected chi connectivity index (χ2v) is 6.00. The van der Waals surface area contributed by atoms with Crippen LogP contribution in [-0.2, 0) is 14.3 Å². The smallest absolute Gasteiger partial charge is 0.410 e. The topological polar surface area (TPSA) is 55.8 Å². The van der Waals surface area contributed by atoms with Crippen LogP contribution in [0.1, 0.15) is 34.1 Å². The summed E-state index contributed by atoms with van der Waals surface area (Å²) in [5.41, 5.74) is 0.390. The number of hydrogen-bond acceptors (Lipinski definition) is 4. The van der Waals surface area contributed by atoms with Crippen LogP contribution in [0.2, 0.25) is 0 Å². The number of esters is 1. The summed E-state index contributed by atoms with van der Waals surface area (Å²) in [6, 6.07) is 0. The maximum Gasteiger partial charge on any atom is 0.410 e. The highest BCUT2D eigenvalue weighted by atomic mass is 16.6. The minimum absolute atomic E-state index is 0.303. The van der Waals surface area contributed by atoms with Crippen LogP contribution in [-0.4, -0.2) is 42.8 Å². The molecule has 1 fully saturated rings. The second kappa shape index (κ2) is 6.08. The quantitative estimate of drug-likeness (QED) is 0.541. The molecule has 1 aliphatic heterocycles. The van der Waals surface area contributed by atoms with Crippen LogP contribution in [0.5, 0.6) is 0 Å². The SMILES string of the molecule is COC(=O)/C=C1\CC(C)CN(C(=O)OC(C)(C)C)C1. The van der Waals surface area contributed by atoms with E-state index in [1.165, 1.54) is 13.2 Å². The lowest BCUT2D eigenvalue weighted by Gasteiger charge is -2.34. The first-order valence-electron chi connectivity index (χ1n) is 6.46. The Morgan fingerprint density at radius 2 is 2.00 bits per heavy atom. The zero-order chi connectivity index (χ0) is 14.6. The first kappa shape index (κ1) is 15.5. The lowest BCUT2D eigenvalue weighted by Crippen LogP contribution is -2.43. The molecule has 0 aromatic rings. The number of nitrogens with zero attached hydrogens (tertiary/aromatic N) is 1. The molecule has 0 bridgehead atoms. The average Bonchev–Trinajstić information content (AvgIpc) is 2.25. The molecule has 1 heterocycles. The number of carbonyl (C=O) groups is 2. The summed E-state index contributed by atoms with van der Waals surface area (Å²) >= 11 is 0. The van der Waals surface area contributed by atoms with E-state index >= 15 is 0 Å². The van der Waals surface area contributed by atoms with E-state index < -0.39 is 5.60 Å². The highest BCUT2D eigenvalue weighted by Crippen LogP contribution is 2.22. The number of ether oxygens (including phenoxy) is 2. The summed E-state index contributed by atoms with van der Waals surface area (Å²) in [5, 5.41) is 0. The number of methoxy groups -OCH3 is 1. The van der Waals surface area contributed by atoms with Gasteiger partial charge >= 0.3 is 12.1 Å². The Morgan fingerprint density at radius 1 is 1.37 bits per heavy atom. The Bertz CT molecular complexity index is 381. The number of carbonyl (C=O) groups excluding carboxylic acids is 2. The Labute approximate surface area is 114 Å². The molecule has 0 aromatic heterocycles. The van der Waals surface area contributed by atoms with Crippen molar-refractivity contribution in [2.75, 3.05) is 20.2 Å². The normalized spacial score (nSPS) is 22.3. The fraction of sp³-hybridized carbons (Fsp3) is 0.714. The predicted molar refractivity (Wildman–Crippen MR) is 71.7 cm³/mol. The van der Waals surface area contributed by atoms with Gasteiger partial charge in [0.15, 0.2) is 0 Å². The van der Waals surface area contributed by atoms with Gasteiger partial charge in [-0.3, -0.25) is 0 Å². The molecule has 0 N–H and O–H groups in total. The van der Waals surface area contributed by atoms with E-state index in [-0.39, 0.29) is 12.1 Å². The van der Waals surface area contributed by atoms with Crippen LogP contribution in [0.4, 0.5) is 4.79 Å². The molecule has 1 rings (SSSR count). The summed E-state index contributed by atoms with van der Waals surface area (Å²) in [5.74, 6) is -0.0783. The molecular weight excluding hydrogens is 246 g/mol. The van der Waals surface area contributed by atoms with E-state index in [0.29, 0.717) is 19.0 Å². The molecule has 5 heteroatoms. The maximum atomic E-state index is 12.0. The molecule has 1 saturated heterocycles. The van der Waals surface area contributed by atoms with Gasteiger partial charge in [-0.15, -0.1) is 0 Å². The summed E-state index contributed by atoms with van der Waals surface area (Å²) in [6.45, 7) is 8.62. The van der Waals surface area contributed by atoms with Crippen LogP contribution in [0.25, 0.3) is 0 Å². The highest BCUT2D eigenvalue weighted by Gasteiger charge is 2.28. The summed E-state index contributed by atoms with van der Waals surface area (Å²) in [7, 11) is 1.34. The highest BCUT2D eigenvalue weighted by molar-refractivity contribution is 5.83. The molecule has 0 aliphatic carbocycles. The van der Waals surface area contributed by atoms with Crippen LogP contribution in [0.15, 0.2) is 11.6 Å². The van der Waals surface area contributed by atoms with Crippen molar-refractivity contribution in [1.29, 1.82) is 0 Å². The van der Waals surface area contributed by atoms with E-state index in [1.54, 1.807) is 4.90 Å². The summed E-state index contributed by atoms with van der Waals surface area (Å²) in [4.78, 5) is 24.9. The molecule has 1 unspecified atom stereocenters. The van der Waals surface area contributed by atoms with Gasteiger partial charge < -0.3 is 14.4 Å². The number of piperidine rings is 1. The van der Waals surface area contributed by atoms with Crippen LogP contribution >= 0.6 is 0 Å². The molecule has 0 radical (unpaired) electrons. The number of amides is 1. The number of likely N-dealkylation sites (tertiary alicyclic amines) is 1. The largest absolute Gasteiger partial charge is 0.466 e. The molecule has 1 atom stereocenters. The van der Waals surface area contributed by atoms with Gasteiger partial charge in [0.2, 0.25) is 0 Å². The van der Waals surface area contributed by atoms with Crippen LogP contribution < -0.4 is 0 Å². The summed E-state index contributed by atoms with van der Waals surface area (Å²) < 4.78 is 9.96. The predicted octanol–water partition coefficient (Wildman–Crippen LogP) is 2.36. The minimum Gasteiger partial charge on any atom is -0.466 e. The van der Waals surface area contributed by atoms with Crippen LogP contribution in [0.3, 0.4) is 0 Å². The van der Waals surface area contributed by atoms with Gasteiger partial charge in [-0.25, -0.2) is 9.59 Å². The Balaban J connectivity index is 2.73. The molecule has 0 saturated carbocycles. The molecule has 19 heavy (non-hydrogen) atoms. The fourth-order valence-electron chi connectivity index (χ4n) is 2.06. The lowest BCUT2D eigenvalue weighted by atomic mass is 9.95. The lowest BCUT2D eigenvalue weighted by molar-refractivity contribution is -0.134. The van der Waals surface area contributed by atoms with Crippen molar-refractivity contribution in [3.05, 3.63) is 11.6 Å². The number of hydrogen-bond donors (Lipinski definition) is 0. The van der Waals surface area contributed by atoms with E-state index in [9.17, 15) is 9.59 Å². The van der Waals surface area contributed by atoms with Gasteiger partial charge in [-0.1, -0.05) is 6.92 Å². The standard InChI is InChI=1S/C14H23NO4/c1-10-6-11(7-12(16)18-5)9-15(8-10)13(17)19-14(2,3)4/h7,10H,6,8-9H2,1-5H3/b11-7+. The second-order valence-electron chi connectivity index (χ2n) is 6.00. The Morgan fingerprint density at radius 3 is 2.53 bits per heavy atom. The zero-order valence-corrected chi connectivity index (χ0v) is 12.4. The van der Waals surface area contributed by atoms with E-state index in [2.05, 4.69) is 4.74 Å². The zero-order valence-electron chi connectivity index (χ0n) is 12.4. The van der Waals surface area contributed by atoms with Gasteiger partial charge in [-0.2, -0.15) is 0 Å². The fourth-order valence-corrected chi connectivity index (χ4v) is 2.06. The van der Waals surface area contributed by atoms with E-state index in [4.69, 9.17) is 4.74 Å². The van der Waals surface area contributed by atoms with Crippen molar-refractivity contribution in [3.8, 4) is 0 Å². The third-order valence-electron chi connectivity index (χ3n) is 2.71. The van der Waals surface area contributed by atoms with Crippen molar-refractivity contribution >= 4 is 12.1 Å².